The van der Waals surface area contributed by atoms with Crippen molar-refractivity contribution in [2.45, 2.75) is 20.0 Å². The van der Waals surface area contributed by atoms with E-state index in [9.17, 15) is 4.79 Å². The van der Waals surface area contributed by atoms with E-state index >= 15 is 0 Å². The van der Waals surface area contributed by atoms with Crippen molar-refractivity contribution in [2.24, 2.45) is 0 Å². The Morgan fingerprint density at radius 1 is 1.11 bits per heavy atom. The van der Waals surface area contributed by atoms with Gasteiger partial charge in [-0.05, 0) is 38.1 Å². The summed E-state index contributed by atoms with van der Waals surface area (Å²) in [7, 11) is 0. The fourth-order valence-corrected chi connectivity index (χ4v) is 1.36. The fraction of sp³-hybridized carbons (Fsp3) is 0.462. The van der Waals surface area contributed by atoms with Gasteiger partial charge < -0.3 is 19.3 Å². The van der Waals surface area contributed by atoms with Crippen LogP contribution in [-0.2, 0) is 9.53 Å². The van der Waals surface area contributed by atoms with E-state index < -0.39 is 12.1 Å². The molecule has 1 rings (SSSR count). The van der Waals surface area contributed by atoms with Gasteiger partial charge in [-0.3, -0.25) is 0 Å². The van der Waals surface area contributed by atoms with Gasteiger partial charge in [0.2, 0.25) is 0 Å². The first-order valence-corrected chi connectivity index (χ1v) is 5.87. The van der Waals surface area contributed by atoms with Gasteiger partial charge in [-0.25, -0.2) is 4.79 Å². The van der Waals surface area contributed by atoms with E-state index in [1.807, 2.05) is 6.92 Å². The Morgan fingerprint density at radius 3 is 2.11 bits per heavy atom. The van der Waals surface area contributed by atoms with E-state index in [0.29, 0.717) is 19.0 Å². The molecule has 1 aromatic carbocycles. The predicted octanol–water partition coefficient (Wildman–Crippen LogP) is 1.95. The molecule has 1 atom stereocenters. The number of hydrogen-bond acceptors (Lipinski definition) is 4. The Hall–Kier alpha value is -1.75. The highest BCUT2D eigenvalue weighted by Gasteiger charge is 2.18. The van der Waals surface area contributed by atoms with Crippen LogP contribution in [0.5, 0.6) is 11.5 Å². The number of ether oxygens (including phenoxy) is 3. The monoisotopic (exact) mass is 254 g/mol. The summed E-state index contributed by atoms with van der Waals surface area (Å²) in [6.45, 7) is 4.57. The normalized spacial score (nSPS) is 11.9. The molecule has 1 N–H and O–H groups in total. The van der Waals surface area contributed by atoms with Crippen molar-refractivity contribution in [3.63, 3.8) is 0 Å². The maximum absolute atomic E-state index is 10.8. The second kappa shape index (κ2) is 7.55. The first kappa shape index (κ1) is 14.3. The van der Waals surface area contributed by atoms with E-state index in [1.165, 1.54) is 0 Å². The van der Waals surface area contributed by atoms with E-state index in [1.54, 1.807) is 31.2 Å². The zero-order valence-corrected chi connectivity index (χ0v) is 10.6. The third-order valence-electron chi connectivity index (χ3n) is 2.18. The van der Waals surface area contributed by atoms with Crippen LogP contribution >= 0.6 is 0 Å². The van der Waals surface area contributed by atoms with Crippen molar-refractivity contribution >= 4 is 5.97 Å². The SMILES string of the molecule is CCOc1ccc(OCC(OCC)C(=O)O)cc1. The number of rotatable bonds is 8. The Bertz CT molecular complexity index is 360. The van der Waals surface area contributed by atoms with Crippen LogP contribution in [0.3, 0.4) is 0 Å². The molecule has 0 radical (unpaired) electrons. The van der Waals surface area contributed by atoms with Crippen LogP contribution in [-0.4, -0.2) is 37.0 Å². The standard InChI is InChI=1S/C13H18O5/c1-3-16-10-5-7-11(8-6-10)18-9-12(13(14)15)17-4-2/h5-8,12H,3-4,9H2,1-2H3,(H,14,15). The lowest BCUT2D eigenvalue weighted by atomic mass is 10.3. The molecule has 18 heavy (non-hydrogen) atoms. The second-order valence-corrected chi connectivity index (χ2v) is 3.50. The second-order valence-electron chi connectivity index (χ2n) is 3.50. The van der Waals surface area contributed by atoms with Gasteiger partial charge >= 0.3 is 5.97 Å². The largest absolute Gasteiger partial charge is 0.494 e. The van der Waals surface area contributed by atoms with Crippen LogP contribution in [0.4, 0.5) is 0 Å². The molecular formula is C13H18O5. The van der Waals surface area contributed by atoms with Crippen molar-refractivity contribution in [2.75, 3.05) is 19.8 Å². The van der Waals surface area contributed by atoms with Crippen molar-refractivity contribution in [1.29, 1.82) is 0 Å². The van der Waals surface area contributed by atoms with Crippen molar-refractivity contribution in [3.05, 3.63) is 24.3 Å². The van der Waals surface area contributed by atoms with Gasteiger partial charge in [0, 0.05) is 6.61 Å². The first-order chi connectivity index (χ1) is 8.67. The van der Waals surface area contributed by atoms with Gasteiger partial charge in [0.25, 0.3) is 0 Å². The highest BCUT2D eigenvalue weighted by Crippen LogP contribution is 2.17. The number of benzene rings is 1. The molecule has 1 aromatic rings. The summed E-state index contributed by atoms with van der Waals surface area (Å²) in [5.74, 6) is 0.316. The highest BCUT2D eigenvalue weighted by atomic mass is 16.5. The minimum atomic E-state index is -1.03. The molecule has 0 saturated carbocycles. The summed E-state index contributed by atoms with van der Waals surface area (Å²) in [4.78, 5) is 10.8. The van der Waals surface area contributed by atoms with E-state index in [2.05, 4.69) is 0 Å². The summed E-state index contributed by atoms with van der Waals surface area (Å²) < 4.78 is 15.7. The van der Waals surface area contributed by atoms with Gasteiger partial charge in [-0.15, -0.1) is 0 Å². The summed E-state index contributed by atoms with van der Waals surface area (Å²) in [5.41, 5.74) is 0. The quantitative estimate of drug-likeness (QED) is 0.768. The van der Waals surface area contributed by atoms with Crippen LogP contribution in [0.1, 0.15) is 13.8 Å². The van der Waals surface area contributed by atoms with Crippen LogP contribution in [0.25, 0.3) is 0 Å². The topological polar surface area (TPSA) is 65.0 Å². The number of carbonyl (C=O) groups is 1. The molecule has 0 heterocycles. The van der Waals surface area contributed by atoms with E-state index in [-0.39, 0.29) is 6.61 Å². The van der Waals surface area contributed by atoms with Crippen LogP contribution < -0.4 is 9.47 Å². The summed E-state index contributed by atoms with van der Waals surface area (Å²) in [6, 6.07) is 7.01. The molecule has 0 aromatic heterocycles. The van der Waals surface area contributed by atoms with Gasteiger partial charge in [0.05, 0.1) is 6.61 Å². The lowest BCUT2D eigenvalue weighted by Crippen LogP contribution is -2.30. The van der Waals surface area contributed by atoms with Crippen LogP contribution in [0.2, 0.25) is 0 Å². The molecule has 0 bridgehead atoms. The number of hydrogen-bond donors (Lipinski definition) is 1. The molecule has 1 unspecified atom stereocenters. The maximum Gasteiger partial charge on any atom is 0.336 e. The van der Waals surface area contributed by atoms with E-state index in [0.717, 1.165) is 5.75 Å². The molecular weight excluding hydrogens is 236 g/mol. The Labute approximate surface area is 106 Å². The molecule has 0 amide bonds. The molecule has 0 aliphatic heterocycles. The molecule has 0 spiro atoms. The van der Waals surface area contributed by atoms with E-state index in [4.69, 9.17) is 19.3 Å². The molecule has 5 nitrogen and oxygen atoms in total. The molecule has 0 fully saturated rings. The minimum absolute atomic E-state index is 0.0167. The smallest absolute Gasteiger partial charge is 0.336 e. The highest BCUT2D eigenvalue weighted by molar-refractivity contribution is 5.72. The molecule has 100 valence electrons. The average molecular weight is 254 g/mol. The van der Waals surface area contributed by atoms with Crippen LogP contribution in [0.15, 0.2) is 24.3 Å². The lowest BCUT2D eigenvalue weighted by Gasteiger charge is -2.13. The molecule has 0 aliphatic rings. The Morgan fingerprint density at radius 2 is 1.67 bits per heavy atom. The fourth-order valence-electron chi connectivity index (χ4n) is 1.36. The van der Waals surface area contributed by atoms with Crippen LogP contribution in [0, 0.1) is 0 Å². The third-order valence-corrected chi connectivity index (χ3v) is 2.18. The molecule has 0 aliphatic carbocycles. The molecule has 0 saturated heterocycles. The Balaban J connectivity index is 2.48. The number of aliphatic carboxylic acids is 1. The predicted molar refractivity (Wildman–Crippen MR) is 66.2 cm³/mol. The third kappa shape index (κ3) is 4.63. The van der Waals surface area contributed by atoms with Gasteiger partial charge in [0.1, 0.15) is 18.1 Å². The zero-order chi connectivity index (χ0) is 13.4. The molecule has 5 heteroatoms. The van der Waals surface area contributed by atoms with Gasteiger partial charge in [-0.2, -0.15) is 0 Å². The minimum Gasteiger partial charge on any atom is -0.494 e. The average Bonchev–Trinajstić information content (AvgIpc) is 2.36. The zero-order valence-electron chi connectivity index (χ0n) is 10.6. The summed E-state index contributed by atoms with van der Waals surface area (Å²) in [5, 5.41) is 8.87. The Kier molecular flexibility index (Phi) is 6.00. The van der Waals surface area contributed by atoms with Gasteiger partial charge in [0.15, 0.2) is 6.10 Å². The van der Waals surface area contributed by atoms with Crippen molar-refractivity contribution in [1.82, 2.24) is 0 Å². The number of carboxylic acids is 1. The summed E-state index contributed by atoms with van der Waals surface area (Å²) >= 11 is 0. The van der Waals surface area contributed by atoms with Crippen molar-refractivity contribution in [3.8, 4) is 11.5 Å². The van der Waals surface area contributed by atoms with Crippen molar-refractivity contribution < 1.29 is 24.1 Å². The van der Waals surface area contributed by atoms with Gasteiger partial charge in [-0.1, -0.05) is 0 Å². The summed E-state index contributed by atoms with van der Waals surface area (Å²) in [6.07, 6.45) is -0.943. The lowest BCUT2D eigenvalue weighted by molar-refractivity contribution is -0.152. The number of carboxylic acid groups (broad SMARTS) is 1. The maximum atomic E-state index is 10.8. The first-order valence-electron chi connectivity index (χ1n) is 5.87.